The Morgan fingerprint density at radius 2 is 1.73 bits per heavy atom. The lowest BCUT2D eigenvalue weighted by Crippen LogP contribution is -1.99. The summed E-state index contributed by atoms with van der Waals surface area (Å²) in [4.78, 5) is 0. The molecule has 0 unspecified atom stereocenters. The highest BCUT2D eigenvalue weighted by Gasteiger charge is 2.11. The van der Waals surface area contributed by atoms with Crippen molar-refractivity contribution in [1.82, 2.24) is 15.0 Å². The van der Waals surface area contributed by atoms with Gasteiger partial charge in [-0.05, 0) is 30.7 Å². The van der Waals surface area contributed by atoms with Gasteiger partial charge < -0.3 is 0 Å². The van der Waals surface area contributed by atoms with E-state index in [1.54, 1.807) is 4.68 Å². The Hall–Kier alpha value is -3.19. The number of nitrogens with zero attached hydrogens (tertiary/aromatic N) is 4. The van der Waals surface area contributed by atoms with Gasteiger partial charge in [0.15, 0.2) is 5.69 Å². The highest BCUT2D eigenvalue weighted by Crippen LogP contribution is 2.16. The summed E-state index contributed by atoms with van der Waals surface area (Å²) in [6, 6.07) is 19.9. The molecule has 22 heavy (non-hydrogen) atoms. The standard InChI is InChI=1S/C18H14N4/c1-14-7-10-16(11-8-14)22-18(17(13-19)20-21-22)12-9-15-5-3-2-4-6-15/h2-12H,1H3/b12-9+. The topological polar surface area (TPSA) is 54.5 Å². The summed E-state index contributed by atoms with van der Waals surface area (Å²) in [7, 11) is 0. The lowest BCUT2D eigenvalue weighted by atomic mass is 10.2. The normalized spacial score (nSPS) is 10.7. The van der Waals surface area contributed by atoms with Gasteiger partial charge in [-0.2, -0.15) is 5.26 Å². The average Bonchev–Trinajstić information content (AvgIpc) is 2.97. The maximum atomic E-state index is 9.22. The molecule has 1 heterocycles. The molecule has 0 atom stereocenters. The van der Waals surface area contributed by atoms with Crippen LogP contribution in [0.15, 0.2) is 54.6 Å². The Morgan fingerprint density at radius 3 is 2.41 bits per heavy atom. The molecule has 0 bridgehead atoms. The van der Waals surface area contributed by atoms with Crippen LogP contribution in [-0.2, 0) is 0 Å². The van der Waals surface area contributed by atoms with Crippen LogP contribution in [0, 0.1) is 18.3 Å². The monoisotopic (exact) mass is 286 g/mol. The third kappa shape index (κ3) is 2.79. The summed E-state index contributed by atoms with van der Waals surface area (Å²) in [5.41, 5.74) is 4.10. The Morgan fingerprint density at radius 1 is 1.00 bits per heavy atom. The Kier molecular flexibility index (Phi) is 3.80. The smallest absolute Gasteiger partial charge is 0.190 e. The van der Waals surface area contributed by atoms with E-state index < -0.39 is 0 Å². The molecule has 4 heteroatoms. The van der Waals surface area contributed by atoms with Crippen molar-refractivity contribution in [2.24, 2.45) is 0 Å². The second kappa shape index (κ2) is 6.06. The Bertz CT molecular complexity index is 837. The zero-order valence-electron chi connectivity index (χ0n) is 12.1. The molecule has 0 spiro atoms. The lowest BCUT2D eigenvalue weighted by Gasteiger charge is -2.03. The van der Waals surface area contributed by atoms with Crippen molar-refractivity contribution in [2.75, 3.05) is 0 Å². The molecule has 0 amide bonds. The van der Waals surface area contributed by atoms with Gasteiger partial charge in [-0.3, -0.25) is 0 Å². The maximum Gasteiger partial charge on any atom is 0.190 e. The van der Waals surface area contributed by atoms with E-state index in [0.717, 1.165) is 11.3 Å². The molecule has 0 aliphatic heterocycles. The summed E-state index contributed by atoms with van der Waals surface area (Å²) in [6.45, 7) is 2.03. The zero-order valence-corrected chi connectivity index (χ0v) is 12.1. The average molecular weight is 286 g/mol. The van der Waals surface area contributed by atoms with Crippen LogP contribution in [0.1, 0.15) is 22.5 Å². The number of aromatic nitrogens is 3. The Balaban J connectivity index is 2.03. The highest BCUT2D eigenvalue weighted by atomic mass is 15.4. The van der Waals surface area contributed by atoms with Gasteiger partial charge in [-0.1, -0.05) is 59.3 Å². The molecule has 0 saturated carbocycles. The molecule has 0 radical (unpaired) electrons. The quantitative estimate of drug-likeness (QED) is 0.739. The summed E-state index contributed by atoms with van der Waals surface area (Å²) in [6.07, 6.45) is 3.82. The van der Waals surface area contributed by atoms with Crippen molar-refractivity contribution in [2.45, 2.75) is 6.92 Å². The molecule has 0 N–H and O–H groups in total. The van der Waals surface area contributed by atoms with Crippen molar-refractivity contribution in [3.05, 3.63) is 77.1 Å². The Labute approximate surface area is 129 Å². The molecule has 3 rings (SSSR count). The minimum atomic E-state index is 0.313. The van der Waals surface area contributed by atoms with Gasteiger partial charge in [0.05, 0.1) is 5.69 Å². The number of hydrogen-bond donors (Lipinski definition) is 0. The molecular formula is C18H14N4. The van der Waals surface area contributed by atoms with Crippen molar-refractivity contribution >= 4 is 12.2 Å². The molecule has 3 aromatic rings. The van der Waals surface area contributed by atoms with Crippen LogP contribution in [0.5, 0.6) is 0 Å². The second-order valence-corrected chi connectivity index (χ2v) is 4.93. The first-order valence-electron chi connectivity index (χ1n) is 6.94. The number of benzene rings is 2. The van der Waals surface area contributed by atoms with E-state index >= 15 is 0 Å². The summed E-state index contributed by atoms with van der Waals surface area (Å²) in [5.74, 6) is 0. The van der Waals surface area contributed by atoms with Gasteiger partial charge in [-0.15, -0.1) is 5.10 Å². The molecule has 0 saturated heterocycles. The fraction of sp³-hybridized carbons (Fsp3) is 0.0556. The van der Waals surface area contributed by atoms with Gasteiger partial charge in [0.1, 0.15) is 11.8 Å². The number of rotatable bonds is 3. The van der Waals surface area contributed by atoms with E-state index in [2.05, 4.69) is 16.4 Å². The van der Waals surface area contributed by atoms with E-state index in [0.29, 0.717) is 11.4 Å². The first-order valence-corrected chi connectivity index (χ1v) is 6.94. The van der Waals surface area contributed by atoms with Gasteiger partial charge in [-0.25, -0.2) is 4.68 Å². The number of hydrogen-bond acceptors (Lipinski definition) is 3. The van der Waals surface area contributed by atoms with Crippen LogP contribution in [0.2, 0.25) is 0 Å². The first kappa shape index (κ1) is 13.8. The van der Waals surface area contributed by atoms with E-state index in [9.17, 15) is 5.26 Å². The number of nitriles is 1. The SMILES string of the molecule is Cc1ccc(-n2nnc(C#N)c2/C=C/c2ccccc2)cc1. The highest BCUT2D eigenvalue weighted by molar-refractivity contribution is 5.70. The van der Waals surface area contributed by atoms with Crippen LogP contribution in [0.25, 0.3) is 17.8 Å². The second-order valence-electron chi connectivity index (χ2n) is 4.93. The number of aryl methyl sites for hydroxylation is 1. The molecule has 106 valence electrons. The van der Waals surface area contributed by atoms with Crippen LogP contribution in [0.3, 0.4) is 0 Å². The lowest BCUT2D eigenvalue weighted by molar-refractivity contribution is 0.797. The molecule has 2 aromatic carbocycles. The fourth-order valence-electron chi connectivity index (χ4n) is 2.13. The molecule has 0 fully saturated rings. The van der Waals surface area contributed by atoms with Gasteiger partial charge in [0, 0.05) is 0 Å². The van der Waals surface area contributed by atoms with Crippen LogP contribution < -0.4 is 0 Å². The van der Waals surface area contributed by atoms with Crippen LogP contribution in [-0.4, -0.2) is 15.0 Å². The summed E-state index contributed by atoms with van der Waals surface area (Å²) in [5, 5.41) is 17.3. The van der Waals surface area contributed by atoms with Crippen LogP contribution in [0.4, 0.5) is 0 Å². The van der Waals surface area contributed by atoms with E-state index in [1.807, 2.05) is 73.7 Å². The molecule has 1 aromatic heterocycles. The van der Waals surface area contributed by atoms with E-state index in [4.69, 9.17) is 0 Å². The third-order valence-corrected chi connectivity index (χ3v) is 3.32. The van der Waals surface area contributed by atoms with Crippen molar-refractivity contribution < 1.29 is 0 Å². The largest absolute Gasteiger partial charge is 0.212 e. The summed E-state index contributed by atoms with van der Waals surface area (Å²) >= 11 is 0. The minimum absolute atomic E-state index is 0.313. The molecule has 4 nitrogen and oxygen atoms in total. The molecule has 0 aliphatic carbocycles. The predicted octanol–water partition coefficient (Wildman–Crippen LogP) is 3.62. The van der Waals surface area contributed by atoms with Gasteiger partial charge in [0.2, 0.25) is 0 Å². The van der Waals surface area contributed by atoms with Crippen molar-refractivity contribution in [3.63, 3.8) is 0 Å². The van der Waals surface area contributed by atoms with Gasteiger partial charge in [0.25, 0.3) is 0 Å². The third-order valence-electron chi connectivity index (χ3n) is 3.32. The zero-order chi connectivity index (χ0) is 15.4. The molecule has 0 aliphatic rings. The van der Waals surface area contributed by atoms with E-state index in [1.165, 1.54) is 5.56 Å². The molecular weight excluding hydrogens is 272 g/mol. The fourth-order valence-corrected chi connectivity index (χ4v) is 2.13. The van der Waals surface area contributed by atoms with Gasteiger partial charge >= 0.3 is 0 Å². The van der Waals surface area contributed by atoms with E-state index in [-0.39, 0.29) is 0 Å². The van der Waals surface area contributed by atoms with Crippen LogP contribution >= 0.6 is 0 Å². The maximum absolute atomic E-state index is 9.22. The predicted molar refractivity (Wildman–Crippen MR) is 86.2 cm³/mol. The summed E-state index contributed by atoms with van der Waals surface area (Å²) < 4.78 is 1.68. The van der Waals surface area contributed by atoms with Crippen molar-refractivity contribution in [3.8, 4) is 11.8 Å². The van der Waals surface area contributed by atoms with Crippen molar-refractivity contribution in [1.29, 1.82) is 5.26 Å². The minimum Gasteiger partial charge on any atom is -0.212 e. The first-order chi connectivity index (χ1) is 10.8.